The van der Waals surface area contributed by atoms with Crippen LogP contribution in [0.2, 0.25) is 0 Å². The maximum atomic E-state index is 13.5. The van der Waals surface area contributed by atoms with Crippen molar-refractivity contribution in [1.82, 2.24) is 0 Å². The molecule has 0 radical (unpaired) electrons. The first-order chi connectivity index (χ1) is 8.02. The molecule has 1 aliphatic rings. The molecule has 0 bridgehead atoms. The van der Waals surface area contributed by atoms with Gasteiger partial charge >= 0.3 is 0 Å². The summed E-state index contributed by atoms with van der Waals surface area (Å²) < 4.78 is 39.2. The standard InChI is InChI=1S/C12H14F3NO/c13-8-5-4-7(9(14)10(8)15)11(16)12(17)6-2-1-3-6/h4-6,11-12,17H,1-3,16H2/t11-,12+/m1/s1. The van der Waals surface area contributed by atoms with Crippen LogP contribution in [-0.2, 0) is 0 Å². The van der Waals surface area contributed by atoms with Crippen LogP contribution in [0.5, 0.6) is 0 Å². The molecule has 0 aromatic heterocycles. The van der Waals surface area contributed by atoms with Gasteiger partial charge in [0, 0.05) is 5.56 Å². The van der Waals surface area contributed by atoms with Gasteiger partial charge in [0.05, 0.1) is 12.1 Å². The van der Waals surface area contributed by atoms with Crippen LogP contribution in [0.1, 0.15) is 30.9 Å². The van der Waals surface area contributed by atoms with Crippen LogP contribution in [0, 0.1) is 23.4 Å². The molecule has 17 heavy (non-hydrogen) atoms. The second-order valence-corrected chi connectivity index (χ2v) is 4.47. The van der Waals surface area contributed by atoms with Crippen LogP contribution < -0.4 is 5.73 Å². The highest BCUT2D eigenvalue weighted by Gasteiger charge is 2.32. The summed E-state index contributed by atoms with van der Waals surface area (Å²) in [7, 11) is 0. The zero-order valence-electron chi connectivity index (χ0n) is 9.17. The Morgan fingerprint density at radius 2 is 1.82 bits per heavy atom. The Hall–Kier alpha value is -1.07. The van der Waals surface area contributed by atoms with E-state index in [1.165, 1.54) is 0 Å². The molecule has 94 valence electrons. The number of hydrogen-bond acceptors (Lipinski definition) is 2. The lowest BCUT2D eigenvalue weighted by atomic mass is 9.77. The number of nitrogens with two attached hydrogens (primary N) is 1. The van der Waals surface area contributed by atoms with Crippen molar-refractivity contribution in [2.45, 2.75) is 31.4 Å². The highest BCUT2D eigenvalue weighted by atomic mass is 19.2. The SMILES string of the molecule is N[C@H](c1ccc(F)c(F)c1F)[C@@H](O)C1CCC1. The summed E-state index contributed by atoms with van der Waals surface area (Å²) in [4.78, 5) is 0. The van der Waals surface area contributed by atoms with Gasteiger partial charge in [-0.25, -0.2) is 13.2 Å². The first kappa shape index (κ1) is 12.4. The van der Waals surface area contributed by atoms with Gasteiger partial charge in [0.1, 0.15) is 0 Å². The molecule has 2 atom stereocenters. The monoisotopic (exact) mass is 245 g/mol. The third-order valence-electron chi connectivity index (χ3n) is 3.42. The minimum absolute atomic E-state index is 0.0255. The normalized spacial score (nSPS) is 19.8. The Balaban J connectivity index is 2.24. The van der Waals surface area contributed by atoms with Crippen LogP contribution in [0.3, 0.4) is 0 Å². The van der Waals surface area contributed by atoms with Crippen LogP contribution in [0.4, 0.5) is 13.2 Å². The first-order valence-electron chi connectivity index (χ1n) is 5.59. The van der Waals surface area contributed by atoms with Crippen molar-refractivity contribution in [3.8, 4) is 0 Å². The van der Waals surface area contributed by atoms with E-state index < -0.39 is 29.6 Å². The van der Waals surface area contributed by atoms with E-state index in [0.29, 0.717) is 0 Å². The summed E-state index contributed by atoms with van der Waals surface area (Å²) in [5.41, 5.74) is 5.51. The van der Waals surface area contributed by atoms with E-state index in [9.17, 15) is 18.3 Å². The molecule has 1 saturated carbocycles. The fourth-order valence-corrected chi connectivity index (χ4v) is 2.06. The number of halogens is 3. The summed E-state index contributed by atoms with van der Waals surface area (Å²) in [6.45, 7) is 0. The zero-order valence-corrected chi connectivity index (χ0v) is 9.17. The van der Waals surface area contributed by atoms with Gasteiger partial charge in [-0.3, -0.25) is 0 Å². The number of benzene rings is 1. The lowest BCUT2D eigenvalue weighted by Crippen LogP contribution is -2.37. The van der Waals surface area contributed by atoms with Gasteiger partial charge in [0.2, 0.25) is 0 Å². The van der Waals surface area contributed by atoms with Crippen molar-refractivity contribution in [2.75, 3.05) is 0 Å². The second-order valence-electron chi connectivity index (χ2n) is 4.47. The summed E-state index contributed by atoms with van der Waals surface area (Å²) >= 11 is 0. The van der Waals surface area contributed by atoms with Gasteiger partial charge in [-0.15, -0.1) is 0 Å². The molecule has 3 N–H and O–H groups in total. The Morgan fingerprint density at radius 1 is 1.18 bits per heavy atom. The second kappa shape index (κ2) is 4.66. The fourth-order valence-electron chi connectivity index (χ4n) is 2.06. The van der Waals surface area contributed by atoms with Crippen molar-refractivity contribution in [3.63, 3.8) is 0 Å². The van der Waals surface area contributed by atoms with E-state index in [0.717, 1.165) is 31.4 Å². The molecular weight excluding hydrogens is 231 g/mol. The van der Waals surface area contributed by atoms with E-state index in [-0.39, 0.29) is 11.5 Å². The fraction of sp³-hybridized carbons (Fsp3) is 0.500. The van der Waals surface area contributed by atoms with E-state index >= 15 is 0 Å². The van der Waals surface area contributed by atoms with E-state index in [1.807, 2.05) is 0 Å². The van der Waals surface area contributed by atoms with Crippen LogP contribution in [-0.4, -0.2) is 11.2 Å². The summed E-state index contributed by atoms with van der Waals surface area (Å²) in [5.74, 6) is -4.08. The minimum atomic E-state index is -1.54. The predicted molar refractivity (Wildman–Crippen MR) is 56.6 cm³/mol. The topological polar surface area (TPSA) is 46.2 Å². The van der Waals surface area contributed by atoms with Gasteiger partial charge in [-0.05, 0) is 24.8 Å². The lowest BCUT2D eigenvalue weighted by molar-refractivity contribution is 0.0402. The molecule has 1 fully saturated rings. The Kier molecular flexibility index (Phi) is 3.40. The Bertz CT molecular complexity index is 420. The molecule has 0 spiro atoms. The summed E-state index contributed by atoms with van der Waals surface area (Å²) in [5, 5.41) is 9.87. The molecule has 2 rings (SSSR count). The predicted octanol–water partition coefficient (Wildman–Crippen LogP) is 2.26. The summed E-state index contributed by atoms with van der Waals surface area (Å²) in [6.07, 6.45) is 1.76. The summed E-state index contributed by atoms with van der Waals surface area (Å²) in [6, 6.07) is 0.886. The molecule has 0 unspecified atom stereocenters. The minimum Gasteiger partial charge on any atom is -0.391 e. The van der Waals surface area contributed by atoms with E-state index in [1.54, 1.807) is 0 Å². The van der Waals surface area contributed by atoms with Crippen molar-refractivity contribution >= 4 is 0 Å². The molecule has 1 aromatic rings. The lowest BCUT2D eigenvalue weighted by Gasteiger charge is -2.33. The van der Waals surface area contributed by atoms with E-state index in [4.69, 9.17) is 5.73 Å². The quantitative estimate of drug-likeness (QED) is 0.802. The third-order valence-corrected chi connectivity index (χ3v) is 3.42. The van der Waals surface area contributed by atoms with Crippen LogP contribution in [0.15, 0.2) is 12.1 Å². The van der Waals surface area contributed by atoms with Gasteiger partial charge < -0.3 is 10.8 Å². The molecule has 5 heteroatoms. The van der Waals surface area contributed by atoms with Crippen LogP contribution in [0.25, 0.3) is 0 Å². The van der Waals surface area contributed by atoms with E-state index in [2.05, 4.69) is 0 Å². The average molecular weight is 245 g/mol. The molecular formula is C12H14F3NO. The molecule has 0 aliphatic heterocycles. The Labute approximate surface area is 97.2 Å². The molecule has 1 aliphatic carbocycles. The largest absolute Gasteiger partial charge is 0.391 e. The van der Waals surface area contributed by atoms with Crippen molar-refractivity contribution in [2.24, 2.45) is 11.7 Å². The third kappa shape index (κ3) is 2.17. The number of hydrogen-bond donors (Lipinski definition) is 2. The van der Waals surface area contributed by atoms with Crippen molar-refractivity contribution in [3.05, 3.63) is 35.1 Å². The number of aliphatic hydroxyl groups is 1. The molecule has 2 nitrogen and oxygen atoms in total. The molecule has 0 amide bonds. The maximum absolute atomic E-state index is 13.5. The van der Waals surface area contributed by atoms with Gasteiger partial charge in [-0.2, -0.15) is 0 Å². The first-order valence-corrected chi connectivity index (χ1v) is 5.59. The van der Waals surface area contributed by atoms with Gasteiger partial charge in [0.15, 0.2) is 17.5 Å². The molecule has 0 saturated heterocycles. The van der Waals surface area contributed by atoms with Crippen molar-refractivity contribution in [1.29, 1.82) is 0 Å². The van der Waals surface area contributed by atoms with Crippen LogP contribution >= 0.6 is 0 Å². The van der Waals surface area contributed by atoms with Gasteiger partial charge in [-0.1, -0.05) is 12.5 Å². The highest BCUT2D eigenvalue weighted by Crippen LogP contribution is 2.35. The molecule has 0 heterocycles. The number of aliphatic hydroxyl groups excluding tert-OH is 1. The highest BCUT2D eigenvalue weighted by molar-refractivity contribution is 5.24. The number of rotatable bonds is 3. The maximum Gasteiger partial charge on any atom is 0.194 e. The Morgan fingerprint density at radius 3 is 2.35 bits per heavy atom. The smallest absolute Gasteiger partial charge is 0.194 e. The van der Waals surface area contributed by atoms with Gasteiger partial charge in [0.25, 0.3) is 0 Å². The average Bonchev–Trinajstić information content (AvgIpc) is 2.23. The molecule has 1 aromatic carbocycles. The zero-order chi connectivity index (χ0) is 12.6. The van der Waals surface area contributed by atoms with Crippen molar-refractivity contribution < 1.29 is 18.3 Å².